The van der Waals surface area contributed by atoms with Gasteiger partial charge in [-0.15, -0.1) is 12.4 Å². The molecule has 5 rings (SSSR count). The molecule has 0 bridgehead atoms. The van der Waals surface area contributed by atoms with Crippen molar-refractivity contribution in [2.45, 2.75) is 37.1 Å². The van der Waals surface area contributed by atoms with Gasteiger partial charge in [-0.2, -0.15) is 8.42 Å². The molecule has 4 aromatic rings. The predicted octanol–water partition coefficient (Wildman–Crippen LogP) is 4.51. The molecule has 1 saturated heterocycles. The van der Waals surface area contributed by atoms with E-state index in [2.05, 4.69) is 25.9 Å². The van der Waals surface area contributed by atoms with E-state index in [1.54, 1.807) is 42.9 Å². The highest BCUT2D eigenvalue weighted by atomic mass is 35.5. The molecule has 0 aliphatic carbocycles. The van der Waals surface area contributed by atoms with E-state index in [1.807, 2.05) is 10.8 Å². The minimum atomic E-state index is -4.01. The lowest BCUT2D eigenvalue weighted by Crippen LogP contribution is -2.30. The van der Waals surface area contributed by atoms with Gasteiger partial charge in [0, 0.05) is 43.7 Å². The van der Waals surface area contributed by atoms with Crippen molar-refractivity contribution in [3.63, 3.8) is 0 Å². The number of piperidine rings is 1. The largest absolute Gasteiger partial charge is 0.385 e. The van der Waals surface area contributed by atoms with Gasteiger partial charge in [-0.25, -0.2) is 9.97 Å². The molecule has 3 heterocycles. The predicted molar refractivity (Wildman–Crippen MR) is 155 cm³/mol. The highest BCUT2D eigenvalue weighted by molar-refractivity contribution is 7.87. The van der Waals surface area contributed by atoms with Gasteiger partial charge in [-0.1, -0.05) is 11.3 Å². The number of carbonyl (C=O) groups excluding carboxylic acids is 1. The number of aromatic nitrogens is 3. The van der Waals surface area contributed by atoms with Crippen LogP contribution >= 0.6 is 23.7 Å². The Morgan fingerprint density at radius 2 is 1.95 bits per heavy atom. The lowest BCUT2D eigenvalue weighted by atomic mass is 9.94. The second-order valence-corrected chi connectivity index (χ2v) is 11.8. The normalized spacial score (nSPS) is 14.1. The number of hydrogen-bond acceptors (Lipinski definition) is 9. The van der Waals surface area contributed by atoms with Crippen LogP contribution in [0.25, 0.3) is 10.2 Å². The summed E-state index contributed by atoms with van der Waals surface area (Å²) in [6.07, 6.45) is 8.81. The Morgan fingerprint density at radius 3 is 2.69 bits per heavy atom. The number of aryl methyl sites for hydroxylation is 1. The Kier molecular flexibility index (Phi) is 9.78. The fourth-order valence-electron chi connectivity index (χ4n) is 4.36. The zero-order chi connectivity index (χ0) is 26.4. The van der Waals surface area contributed by atoms with Crippen molar-refractivity contribution < 1.29 is 17.4 Å². The van der Waals surface area contributed by atoms with Gasteiger partial charge in [0.25, 0.3) is 0 Å². The molecule has 0 atom stereocenters. The molecule has 0 unspecified atom stereocenters. The van der Waals surface area contributed by atoms with E-state index in [0.717, 1.165) is 55.8 Å². The van der Waals surface area contributed by atoms with E-state index in [0.29, 0.717) is 23.0 Å². The third kappa shape index (κ3) is 7.91. The lowest BCUT2D eigenvalue weighted by Gasteiger charge is -2.21. The van der Waals surface area contributed by atoms with E-state index in [-0.39, 0.29) is 29.0 Å². The number of halogens is 1. The molecular weight excluding hydrogens is 560 g/mol. The Bertz CT molecular complexity index is 1470. The average molecular weight is 591 g/mol. The molecule has 2 aromatic carbocycles. The van der Waals surface area contributed by atoms with Gasteiger partial charge < -0.3 is 24.7 Å². The van der Waals surface area contributed by atoms with Gasteiger partial charge in [0.05, 0.1) is 16.5 Å². The van der Waals surface area contributed by atoms with Crippen molar-refractivity contribution in [2.75, 3.05) is 30.3 Å². The first-order valence-corrected chi connectivity index (χ1v) is 14.8. The van der Waals surface area contributed by atoms with Gasteiger partial charge in [-0.3, -0.25) is 4.79 Å². The zero-order valence-corrected chi connectivity index (χ0v) is 23.7. The van der Waals surface area contributed by atoms with E-state index in [4.69, 9.17) is 4.18 Å². The molecule has 1 aliphatic heterocycles. The molecule has 2 aromatic heterocycles. The number of thiazole rings is 1. The van der Waals surface area contributed by atoms with Gasteiger partial charge in [0.2, 0.25) is 5.91 Å². The number of rotatable bonds is 11. The second-order valence-electron chi connectivity index (χ2n) is 9.24. The van der Waals surface area contributed by atoms with Crippen LogP contribution in [0.3, 0.4) is 0 Å². The molecule has 0 radical (unpaired) electrons. The average Bonchev–Trinajstić information content (AvgIpc) is 3.56. The van der Waals surface area contributed by atoms with Crippen molar-refractivity contribution in [1.82, 2.24) is 19.9 Å². The summed E-state index contributed by atoms with van der Waals surface area (Å²) in [6, 6.07) is 11.4. The van der Waals surface area contributed by atoms with Crippen LogP contribution in [-0.4, -0.2) is 48.5 Å². The third-order valence-electron chi connectivity index (χ3n) is 6.37. The molecule has 3 N–H and O–H groups in total. The lowest BCUT2D eigenvalue weighted by molar-refractivity contribution is -0.117. The van der Waals surface area contributed by atoms with Gasteiger partial charge in [-0.05, 0) is 74.7 Å². The number of amides is 1. The fourth-order valence-corrected chi connectivity index (χ4v) is 6.19. The summed E-state index contributed by atoms with van der Waals surface area (Å²) in [4.78, 5) is 21.0. The van der Waals surface area contributed by atoms with Crippen LogP contribution < -0.4 is 20.1 Å². The van der Waals surface area contributed by atoms with Crippen molar-refractivity contribution >= 4 is 60.8 Å². The Hall–Kier alpha value is -3.19. The van der Waals surface area contributed by atoms with Crippen LogP contribution in [0.1, 0.15) is 25.7 Å². The topological polar surface area (TPSA) is 127 Å². The number of anilines is 2. The molecule has 1 amide bonds. The summed E-state index contributed by atoms with van der Waals surface area (Å²) in [6.45, 7) is 3.48. The van der Waals surface area contributed by atoms with Crippen LogP contribution in [0.5, 0.6) is 5.75 Å². The van der Waals surface area contributed by atoms with Crippen LogP contribution in [-0.2, 0) is 21.5 Å². The smallest absolute Gasteiger partial charge is 0.339 e. The van der Waals surface area contributed by atoms with Crippen LogP contribution in [0, 0.1) is 5.92 Å². The minimum absolute atomic E-state index is 0. The first-order chi connectivity index (χ1) is 18.4. The van der Waals surface area contributed by atoms with Gasteiger partial charge >= 0.3 is 10.1 Å². The highest BCUT2D eigenvalue weighted by Crippen LogP contribution is 2.31. The highest BCUT2D eigenvalue weighted by Gasteiger charge is 2.19. The Morgan fingerprint density at radius 1 is 1.15 bits per heavy atom. The van der Waals surface area contributed by atoms with E-state index in [1.165, 1.54) is 23.5 Å². The SMILES string of the molecule is Cl.O=C(CC1CCNCC1)Nc1nc2ccc(OS(=O)(=O)c3ccc(NCCCn4ccnc4)cc3)cc2s1. The summed E-state index contributed by atoms with van der Waals surface area (Å²) in [5.74, 6) is 0.523. The number of imidazole rings is 1. The molecule has 0 spiro atoms. The maximum atomic E-state index is 12.9. The van der Waals surface area contributed by atoms with Crippen molar-refractivity contribution in [2.24, 2.45) is 5.92 Å². The molecule has 10 nitrogen and oxygen atoms in total. The Balaban J connectivity index is 0.00000353. The van der Waals surface area contributed by atoms with Crippen molar-refractivity contribution in [3.8, 4) is 5.75 Å². The molecule has 208 valence electrons. The summed E-state index contributed by atoms with van der Waals surface area (Å²) in [7, 11) is -4.01. The molecule has 1 aliphatic rings. The monoisotopic (exact) mass is 590 g/mol. The number of nitrogens with zero attached hydrogens (tertiary/aromatic N) is 3. The number of nitrogens with one attached hydrogen (secondary N) is 3. The zero-order valence-electron chi connectivity index (χ0n) is 21.2. The van der Waals surface area contributed by atoms with Crippen LogP contribution in [0.2, 0.25) is 0 Å². The first-order valence-electron chi connectivity index (χ1n) is 12.6. The Labute approximate surface area is 237 Å². The van der Waals surface area contributed by atoms with Gasteiger partial charge in [0.15, 0.2) is 5.13 Å². The number of hydrogen-bond donors (Lipinski definition) is 3. The van der Waals surface area contributed by atoms with E-state index >= 15 is 0 Å². The molecule has 1 fully saturated rings. The minimum Gasteiger partial charge on any atom is -0.385 e. The first kappa shape index (κ1) is 28.8. The maximum absolute atomic E-state index is 12.9. The second kappa shape index (κ2) is 13.2. The number of benzene rings is 2. The van der Waals surface area contributed by atoms with E-state index < -0.39 is 10.1 Å². The summed E-state index contributed by atoms with van der Waals surface area (Å²) in [5, 5.41) is 9.96. The van der Waals surface area contributed by atoms with Crippen LogP contribution in [0.15, 0.2) is 66.1 Å². The van der Waals surface area contributed by atoms with Crippen molar-refractivity contribution in [1.29, 1.82) is 0 Å². The quantitative estimate of drug-likeness (QED) is 0.172. The van der Waals surface area contributed by atoms with E-state index in [9.17, 15) is 13.2 Å². The maximum Gasteiger partial charge on any atom is 0.339 e. The standard InChI is InChI=1S/C26H30N6O4S2.ClH/c33-25(16-19-8-11-27-12-9-19)31-26-30-23-7-4-21(17-24(23)37-26)36-38(34,35)22-5-2-20(3-6-22)29-10-1-14-32-15-13-28-18-32;/h2-7,13,15,17-19,27,29H,1,8-12,14,16H2,(H,30,31,33);1H. The summed E-state index contributed by atoms with van der Waals surface area (Å²) < 4.78 is 33.8. The number of fused-ring (bicyclic) bond motifs is 1. The summed E-state index contributed by atoms with van der Waals surface area (Å²) >= 11 is 1.29. The molecule has 13 heteroatoms. The molecule has 39 heavy (non-hydrogen) atoms. The summed E-state index contributed by atoms with van der Waals surface area (Å²) in [5.41, 5.74) is 1.50. The van der Waals surface area contributed by atoms with Crippen molar-refractivity contribution in [3.05, 3.63) is 61.2 Å². The van der Waals surface area contributed by atoms with Crippen LogP contribution in [0.4, 0.5) is 10.8 Å². The molecule has 0 saturated carbocycles. The fraction of sp³-hybridized carbons (Fsp3) is 0.346. The molecular formula is C26H31ClN6O4S2. The third-order valence-corrected chi connectivity index (χ3v) is 8.56. The number of carbonyl (C=O) groups is 1. The van der Waals surface area contributed by atoms with Gasteiger partial charge in [0.1, 0.15) is 10.6 Å².